The first kappa shape index (κ1) is 13.4. The van der Waals surface area contributed by atoms with Crippen LogP contribution in [0.25, 0.3) is 0 Å². The Labute approximate surface area is 122 Å². The number of hydrogen-bond donors (Lipinski definition) is 1. The molecular formula is C14H18IN3. The molecule has 0 aliphatic heterocycles. The number of rotatable bonds is 4. The Bertz CT molecular complexity index is 534. The third-order valence-corrected chi connectivity index (χ3v) is 4.19. The minimum atomic E-state index is 0.267. The van der Waals surface area contributed by atoms with Crippen LogP contribution < -0.4 is 5.32 Å². The van der Waals surface area contributed by atoms with Gasteiger partial charge in [-0.05, 0) is 61.1 Å². The first-order valence-electron chi connectivity index (χ1n) is 6.15. The van der Waals surface area contributed by atoms with Crippen molar-refractivity contribution >= 4 is 28.3 Å². The Balaban J connectivity index is 2.10. The van der Waals surface area contributed by atoms with Gasteiger partial charge in [0, 0.05) is 27.6 Å². The summed E-state index contributed by atoms with van der Waals surface area (Å²) in [6, 6.07) is 6.71. The molecule has 0 aliphatic rings. The van der Waals surface area contributed by atoms with Crippen molar-refractivity contribution in [2.45, 2.75) is 33.4 Å². The predicted molar refractivity (Wildman–Crippen MR) is 83.8 cm³/mol. The molecule has 0 spiro atoms. The zero-order valence-corrected chi connectivity index (χ0v) is 13.1. The van der Waals surface area contributed by atoms with Crippen LogP contribution in [0.3, 0.4) is 0 Å². The number of halogens is 1. The Morgan fingerprint density at radius 3 is 2.83 bits per heavy atom. The summed E-state index contributed by atoms with van der Waals surface area (Å²) in [7, 11) is 0. The van der Waals surface area contributed by atoms with Gasteiger partial charge < -0.3 is 5.32 Å². The summed E-state index contributed by atoms with van der Waals surface area (Å²) < 4.78 is 3.24. The van der Waals surface area contributed by atoms with Crippen molar-refractivity contribution < 1.29 is 0 Å². The molecule has 0 aliphatic carbocycles. The molecule has 1 aromatic carbocycles. The summed E-state index contributed by atoms with van der Waals surface area (Å²) >= 11 is 2.37. The molecule has 0 radical (unpaired) electrons. The number of nitrogens with zero attached hydrogens (tertiary/aromatic N) is 2. The molecule has 0 amide bonds. The molecule has 2 rings (SSSR count). The lowest BCUT2D eigenvalue weighted by atomic mass is 10.1. The summed E-state index contributed by atoms with van der Waals surface area (Å²) in [5.74, 6) is 0. The summed E-state index contributed by atoms with van der Waals surface area (Å²) in [4.78, 5) is 0. The van der Waals surface area contributed by atoms with Gasteiger partial charge in [-0.15, -0.1) is 0 Å². The molecule has 1 atom stereocenters. The number of hydrogen-bond acceptors (Lipinski definition) is 2. The van der Waals surface area contributed by atoms with Gasteiger partial charge in [-0.25, -0.2) is 0 Å². The maximum Gasteiger partial charge on any atom is 0.0542 e. The number of benzene rings is 1. The first-order valence-corrected chi connectivity index (χ1v) is 7.23. The number of nitrogens with one attached hydrogen (secondary N) is 1. The van der Waals surface area contributed by atoms with Crippen LogP contribution in [0.15, 0.2) is 30.6 Å². The van der Waals surface area contributed by atoms with Crippen LogP contribution in [0.4, 0.5) is 5.69 Å². The highest BCUT2D eigenvalue weighted by Crippen LogP contribution is 2.22. The number of anilines is 1. The van der Waals surface area contributed by atoms with E-state index in [0.29, 0.717) is 0 Å². The van der Waals surface area contributed by atoms with E-state index < -0.39 is 0 Å². The summed E-state index contributed by atoms with van der Waals surface area (Å²) in [5.41, 5.74) is 3.68. The van der Waals surface area contributed by atoms with E-state index in [1.54, 1.807) is 0 Å². The fraction of sp³-hybridized carbons (Fsp3) is 0.357. The van der Waals surface area contributed by atoms with E-state index in [2.05, 4.69) is 78.2 Å². The second-order valence-electron chi connectivity index (χ2n) is 4.46. The van der Waals surface area contributed by atoms with Gasteiger partial charge in [0.1, 0.15) is 0 Å². The number of aryl methyl sites for hydroxylation is 2. The van der Waals surface area contributed by atoms with Gasteiger partial charge >= 0.3 is 0 Å². The Hall–Kier alpha value is -1.04. The van der Waals surface area contributed by atoms with Crippen molar-refractivity contribution in [3.8, 4) is 0 Å². The highest BCUT2D eigenvalue weighted by molar-refractivity contribution is 14.1. The highest BCUT2D eigenvalue weighted by atomic mass is 127. The highest BCUT2D eigenvalue weighted by Gasteiger charge is 2.08. The topological polar surface area (TPSA) is 29.9 Å². The molecule has 0 bridgehead atoms. The van der Waals surface area contributed by atoms with Crippen molar-refractivity contribution in [1.29, 1.82) is 0 Å². The quantitative estimate of drug-likeness (QED) is 0.841. The van der Waals surface area contributed by atoms with Crippen molar-refractivity contribution in [2.75, 3.05) is 5.32 Å². The molecule has 0 saturated heterocycles. The average Bonchev–Trinajstić information content (AvgIpc) is 2.82. The van der Waals surface area contributed by atoms with Crippen LogP contribution in [0.2, 0.25) is 0 Å². The number of aromatic nitrogens is 2. The molecule has 3 nitrogen and oxygen atoms in total. The van der Waals surface area contributed by atoms with Crippen LogP contribution in [-0.2, 0) is 6.54 Å². The van der Waals surface area contributed by atoms with Crippen LogP contribution in [0.1, 0.15) is 31.0 Å². The molecule has 1 aromatic heterocycles. The van der Waals surface area contributed by atoms with E-state index in [0.717, 1.165) is 12.2 Å². The minimum Gasteiger partial charge on any atom is -0.378 e. The van der Waals surface area contributed by atoms with Gasteiger partial charge in [0.15, 0.2) is 0 Å². The van der Waals surface area contributed by atoms with Crippen LogP contribution >= 0.6 is 22.6 Å². The molecular weight excluding hydrogens is 337 g/mol. The SMILES string of the molecule is CCn1cc(C(C)Nc2ccc(C)c(I)c2)cn1. The Kier molecular flexibility index (Phi) is 4.27. The van der Waals surface area contributed by atoms with Crippen molar-refractivity contribution in [3.63, 3.8) is 0 Å². The van der Waals surface area contributed by atoms with E-state index in [4.69, 9.17) is 0 Å². The van der Waals surface area contributed by atoms with Gasteiger partial charge in [0.2, 0.25) is 0 Å². The van der Waals surface area contributed by atoms with Gasteiger partial charge in [0.25, 0.3) is 0 Å². The fourth-order valence-corrected chi connectivity index (χ4v) is 2.31. The van der Waals surface area contributed by atoms with E-state index in [1.165, 1.54) is 14.7 Å². The van der Waals surface area contributed by atoms with Gasteiger partial charge in [-0.1, -0.05) is 6.07 Å². The third-order valence-electron chi connectivity index (χ3n) is 3.03. The summed E-state index contributed by atoms with van der Waals surface area (Å²) in [6.45, 7) is 7.29. The standard InChI is InChI=1S/C14H18IN3/c1-4-18-9-12(8-16-18)11(3)17-13-6-5-10(2)14(15)7-13/h5-9,11,17H,4H2,1-3H3. The Morgan fingerprint density at radius 2 is 2.22 bits per heavy atom. The first-order chi connectivity index (χ1) is 8.60. The van der Waals surface area contributed by atoms with Crippen LogP contribution in [-0.4, -0.2) is 9.78 Å². The summed E-state index contributed by atoms with van der Waals surface area (Å²) in [6.07, 6.45) is 4.02. The predicted octanol–water partition coefficient (Wildman–Crippen LogP) is 3.99. The summed E-state index contributed by atoms with van der Waals surface area (Å²) in [5, 5.41) is 7.81. The van der Waals surface area contributed by atoms with Gasteiger partial charge in [0.05, 0.1) is 12.2 Å². The largest absolute Gasteiger partial charge is 0.378 e. The van der Waals surface area contributed by atoms with Gasteiger partial charge in [-0.2, -0.15) is 5.10 Å². The zero-order chi connectivity index (χ0) is 13.1. The van der Waals surface area contributed by atoms with Gasteiger partial charge in [-0.3, -0.25) is 4.68 Å². The Morgan fingerprint density at radius 1 is 1.44 bits per heavy atom. The lowest BCUT2D eigenvalue weighted by Gasteiger charge is -2.14. The van der Waals surface area contributed by atoms with Crippen molar-refractivity contribution in [3.05, 3.63) is 45.3 Å². The van der Waals surface area contributed by atoms with E-state index in [9.17, 15) is 0 Å². The minimum absolute atomic E-state index is 0.267. The van der Waals surface area contributed by atoms with E-state index in [1.807, 2.05) is 10.9 Å². The lowest BCUT2D eigenvalue weighted by Crippen LogP contribution is -2.06. The second kappa shape index (κ2) is 5.73. The molecule has 4 heteroatoms. The van der Waals surface area contributed by atoms with Crippen LogP contribution in [0, 0.1) is 10.5 Å². The van der Waals surface area contributed by atoms with Crippen LogP contribution in [0.5, 0.6) is 0 Å². The molecule has 1 heterocycles. The molecule has 0 saturated carbocycles. The normalized spacial score (nSPS) is 12.4. The zero-order valence-electron chi connectivity index (χ0n) is 10.9. The molecule has 1 N–H and O–H groups in total. The molecule has 1 unspecified atom stereocenters. The fourth-order valence-electron chi connectivity index (χ4n) is 1.79. The maximum absolute atomic E-state index is 4.30. The molecule has 0 fully saturated rings. The monoisotopic (exact) mass is 355 g/mol. The van der Waals surface area contributed by atoms with E-state index >= 15 is 0 Å². The van der Waals surface area contributed by atoms with Crippen molar-refractivity contribution in [2.24, 2.45) is 0 Å². The second-order valence-corrected chi connectivity index (χ2v) is 5.62. The molecule has 2 aromatic rings. The van der Waals surface area contributed by atoms with E-state index in [-0.39, 0.29) is 6.04 Å². The third kappa shape index (κ3) is 3.04. The smallest absolute Gasteiger partial charge is 0.0542 e. The molecule has 18 heavy (non-hydrogen) atoms. The van der Waals surface area contributed by atoms with Crippen molar-refractivity contribution in [1.82, 2.24) is 9.78 Å². The average molecular weight is 355 g/mol. The molecule has 96 valence electrons. The lowest BCUT2D eigenvalue weighted by molar-refractivity contribution is 0.658. The maximum atomic E-state index is 4.30.